The van der Waals surface area contributed by atoms with E-state index in [2.05, 4.69) is 37.9 Å². The normalized spacial score (nSPS) is 21.4. The lowest BCUT2D eigenvalue weighted by atomic mass is 9.74. The highest BCUT2D eigenvalue weighted by Gasteiger charge is 2.43. The van der Waals surface area contributed by atoms with Gasteiger partial charge in [0, 0.05) is 10.7 Å². The summed E-state index contributed by atoms with van der Waals surface area (Å²) in [6.07, 6.45) is 1.54. The van der Waals surface area contributed by atoms with Gasteiger partial charge in [-0.2, -0.15) is 0 Å². The number of ether oxygens (including phenoxy) is 1. The van der Waals surface area contributed by atoms with Crippen LogP contribution >= 0.6 is 31.9 Å². The molecule has 0 aliphatic carbocycles. The van der Waals surface area contributed by atoms with Crippen molar-refractivity contribution in [3.8, 4) is 5.75 Å². The van der Waals surface area contributed by atoms with Crippen LogP contribution in [0.2, 0.25) is 0 Å². The standard InChI is InChI=1S/C15H20Br2O3S/c1-20-14-5-3-2-4-12(14)8-15(10-16,11-17)13-6-7-21(18,19)9-13/h2-5,13H,6-11H2,1H3. The molecule has 21 heavy (non-hydrogen) atoms. The molecular weight excluding hydrogens is 420 g/mol. The molecule has 0 saturated carbocycles. The van der Waals surface area contributed by atoms with Gasteiger partial charge in [-0.25, -0.2) is 8.42 Å². The van der Waals surface area contributed by atoms with Gasteiger partial charge >= 0.3 is 0 Å². The van der Waals surface area contributed by atoms with Crippen molar-refractivity contribution in [2.45, 2.75) is 12.8 Å². The molecule has 6 heteroatoms. The molecule has 0 radical (unpaired) electrons. The molecule has 1 unspecified atom stereocenters. The van der Waals surface area contributed by atoms with Gasteiger partial charge in [0.2, 0.25) is 0 Å². The summed E-state index contributed by atoms with van der Waals surface area (Å²) in [7, 11) is -1.21. The first-order valence-electron chi connectivity index (χ1n) is 6.90. The molecule has 1 atom stereocenters. The van der Waals surface area contributed by atoms with Crippen molar-refractivity contribution in [2.75, 3.05) is 29.3 Å². The fraction of sp³-hybridized carbons (Fsp3) is 0.600. The highest BCUT2D eigenvalue weighted by Crippen LogP contribution is 2.43. The van der Waals surface area contributed by atoms with Gasteiger partial charge in [-0.1, -0.05) is 50.1 Å². The minimum Gasteiger partial charge on any atom is -0.496 e. The van der Waals surface area contributed by atoms with Crippen LogP contribution in [0.25, 0.3) is 0 Å². The van der Waals surface area contributed by atoms with Crippen LogP contribution in [-0.4, -0.2) is 37.7 Å². The first kappa shape index (κ1) is 17.3. The molecule has 1 fully saturated rings. The van der Waals surface area contributed by atoms with E-state index in [1.165, 1.54) is 0 Å². The molecule has 0 spiro atoms. The third kappa shape index (κ3) is 3.82. The maximum absolute atomic E-state index is 11.8. The Hall–Kier alpha value is -0.0700. The zero-order chi connectivity index (χ0) is 15.5. The van der Waals surface area contributed by atoms with Gasteiger partial charge in [0.05, 0.1) is 18.6 Å². The number of halogens is 2. The number of hydrogen-bond acceptors (Lipinski definition) is 3. The minimum atomic E-state index is -2.88. The van der Waals surface area contributed by atoms with Gasteiger partial charge in [-0.05, 0) is 35.8 Å². The summed E-state index contributed by atoms with van der Waals surface area (Å²) < 4.78 is 29.1. The van der Waals surface area contributed by atoms with Gasteiger partial charge in [-0.3, -0.25) is 0 Å². The monoisotopic (exact) mass is 438 g/mol. The predicted molar refractivity (Wildman–Crippen MR) is 93.5 cm³/mol. The lowest BCUT2D eigenvalue weighted by molar-refractivity contribution is 0.250. The second-order valence-electron chi connectivity index (χ2n) is 5.72. The van der Waals surface area contributed by atoms with Crippen LogP contribution in [0.15, 0.2) is 24.3 Å². The maximum Gasteiger partial charge on any atom is 0.150 e. The number of methoxy groups -OCH3 is 1. The molecule has 0 amide bonds. The maximum atomic E-state index is 11.8. The SMILES string of the molecule is COc1ccccc1CC(CBr)(CBr)C1CCS(=O)(=O)C1. The van der Waals surface area contributed by atoms with E-state index in [9.17, 15) is 8.42 Å². The summed E-state index contributed by atoms with van der Waals surface area (Å²) in [5, 5.41) is 1.53. The largest absolute Gasteiger partial charge is 0.496 e. The Morgan fingerprint density at radius 1 is 1.29 bits per heavy atom. The Morgan fingerprint density at radius 3 is 2.48 bits per heavy atom. The first-order valence-corrected chi connectivity index (χ1v) is 11.0. The van der Waals surface area contributed by atoms with E-state index in [0.29, 0.717) is 11.5 Å². The molecule has 0 N–H and O–H groups in total. The van der Waals surface area contributed by atoms with Crippen molar-refractivity contribution in [3.63, 3.8) is 0 Å². The molecular formula is C15H20Br2O3S. The zero-order valence-corrected chi connectivity index (χ0v) is 16.0. The lowest BCUT2D eigenvalue weighted by Gasteiger charge is -2.36. The second kappa shape index (κ2) is 7.01. The summed E-state index contributed by atoms with van der Waals surface area (Å²) in [4.78, 5) is 0. The molecule has 1 aromatic carbocycles. The van der Waals surface area contributed by atoms with Gasteiger partial charge in [0.1, 0.15) is 5.75 Å². The summed E-state index contributed by atoms with van der Waals surface area (Å²) in [5.74, 6) is 1.64. The van der Waals surface area contributed by atoms with E-state index in [0.717, 1.165) is 34.8 Å². The van der Waals surface area contributed by atoms with Gasteiger partial charge in [0.25, 0.3) is 0 Å². The smallest absolute Gasteiger partial charge is 0.150 e. The number of benzene rings is 1. The molecule has 0 bridgehead atoms. The Balaban J connectivity index is 2.30. The van der Waals surface area contributed by atoms with Gasteiger partial charge in [-0.15, -0.1) is 0 Å². The molecule has 1 aliphatic rings. The highest BCUT2D eigenvalue weighted by atomic mass is 79.9. The van der Waals surface area contributed by atoms with Crippen LogP contribution in [0.1, 0.15) is 12.0 Å². The van der Waals surface area contributed by atoms with Crippen molar-refractivity contribution in [3.05, 3.63) is 29.8 Å². The van der Waals surface area contributed by atoms with E-state index >= 15 is 0 Å². The summed E-state index contributed by atoms with van der Waals surface area (Å²) in [5.41, 5.74) is 1.02. The molecule has 118 valence electrons. The molecule has 2 rings (SSSR count). The van der Waals surface area contributed by atoms with E-state index in [-0.39, 0.29) is 11.3 Å². The lowest BCUT2D eigenvalue weighted by Crippen LogP contribution is -2.37. The predicted octanol–water partition coefficient (Wildman–Crippen LogP) is 3.45. The number of alkyl halides is 2. The van der Waals surface area contributed by atoms with Crippen molar-refractivity contribution in [2.24, 2.45) is 11.3 Å². The van der Waals surface area contributed by atoms with Gasteiger partial charge < -0.3 is 4.74 Å². The zero-order valence-electron chi connectivity index (χ0n) is 12.0. The molecule has 1 aliphatic heterocycles. The summed E-state index contributed by atoms with van der Waals surface area (Å²) in [6, 6.07) is 7.96. The average molecular weight is 440 g/mol. The van der Waals surface area contributed by atoms with Crippen LogP contribution in [0.3, 0.4) is 0 Å². The highest BCUT2D eigenvalue weighted by molar-refractivity contribution is 9.09. The van der Waals surface area contributed by atoms with Crippen LogP contribution in [0.5, 0.6) is 5.75 Å². The molecule has 3 nitrogen and oxygen atoms in total. The fourth-order valence-electron chi connectivity index (χ4n) is 3.00. The van der Waals surface area contributed by atoms with Crippen molar-refractivity contribution in [1.29, 1.82) is 0 Å². The first-order chi connectivity index (χ1) is 9.96. The van der Waals surface area contributed by atoms with E-state index < -0.39 is 9.84 Å². The Kier molecular flexibility index (Phi) is 5.77. The third-order valence-corrected chi connectivity index (χ3v) is 8.37. The van der Waals surface area contributed by atoms with E-state index in [4.69, 9.17) is 4.74 Å². The van der Waals surface area contributed by atoms with Crippen molar-refractivity contribution < 1.29 is 13.2 Å². The van der Waals surface area contributed by atoms with E-state index in [1.54, 1.807) is 7.11 Å². The number of para-hydroxylation sites is 1. The van der Waals surface area contributed by atoms with Crippen LogP contribution < -0.4 is 4.74 Å². The Morgan fingerprint density at radius 2 is 1.95 bits per heavy atom. The van der Waals surface area contributed by atoms with Crippen molar-refractivity contribution >= 4 is 41.7 Å². The fourth-order valence-corrected chi connectivity index (χ4v) is 7.18. The second-order valence-corrected chi connectivity index (χ2v) is 9.07. The quantitative estimate of drug-likeness (QED) is 0.637. The summed E-state index contributed by atoms with van der Waals surface area (Å²) in [6.45, 7) is 0. The molecule has 1 saturated heterocycles. The minimum absolute atomic E-state index is 0.113. The average Bonchev–Trinajstić information content (AvgIpc) is 2.86. The summed E-state index contributed by atoms with van der Waals surface area (Å²) >= 11 is 7.24. The topological polar surface area (TPSA) is 43.4 Å². The molecule has 1 aromatic rings. The van der Waals surface area contributed by atoms with Crippen molar-refractivity contribution in [1.82, 2.24) is 0 Å². The number of sulfone groups is 1. The van der Waals surface area contributed by atoms with E-state index in [1.807, 2.05) is 18.2 Å². The van der Waals surface area contributed by atoms with Gasteiger partial charge in [0.15, 0.2) is 9.84 Å². The molecule has 1 heterocycles. The number of hydrogen-bond donors (Lipinski definition) is 0. The van der Waals surface area contributed by atoms with Crippen LogP contribution in [-0.2, 0) is 16.3 Å². The Labute approximate surface area is 143 Å². The van der Waals surface area contributed by atoms with Crippen LogP contribution in [0, 0.1) is 11.3 Å². The molecule has 0 aromatic heterocycles. The Bertz CT molecular complexity index is 582. The third-order valence-electron chi connectivity index (χ3n) is 4.37. The number of rotatable bonds is 6. The van der Waals surface area contributed by atoms with Crippen LogP contribution in [0.4, 0.5) is 0 Å².